The zero-order valence-electron chi connectivity index (χ0n) is 16.5. The van der Waals surface area contributed by atoms with Gasteiger partial charge in [0, 0.05) is 22.3 Å². The molecule has 0 aliphatic carbocycles. The minimum absolute atomic E-state index is 0.164. The number of halogens is 2. The van der Waals surface area contributed by atoms with Gasteiger partial charge in [-0.15, -0.1) is 0 Å². The van der Waals surface area contributed by atoms with Crippen LogP contribution in [0.1, 0.15) is 16.7 Å². The fourth-order valence-corrected chi connectivity index (χ4v) is 3.28. The molecule has 5 nitrogen and oxygen atoms in total. The highest BCUT2D eigenvalue weighted by molar-refractivity contribution is 9.10. The van der Waals surface area contributed by atoms with Crippen LogP contribution in [-0.2, 0) is 13.0 Å². The van der Waals surface area contributed by atoms with Crippen molar-refractivity contribution in [3.8, 4) is 11.5 Å². The molecular weight excluding hydrogens is 449 g/mol. The van der Waals surface area contributed by atoms with Gasteiger partial charge >= 0.3 is 0 Å². The van der Waals surface area contributed by atoms with Gasteiger partial charge in [0.25, 0.3) is 0 Å². The Morgan fingerprint density at radius 2 is 1.73 bits per heavy atom. The lowest BCUT2D eigenvalue weighted by Gasteiger charge is -2.15. The third kappa shape index (κ3) is 6.22. The molecule has 0 amide bonds. The molecule has 3 aromatic carbocycles. The van der Waals surface area contributed by atoms with Crippen molar-refractivity contribution in [3.63, 3.8) is 0 Å². The molecular formula is C23H23BrFN3O2. The van der Waals surface area contributed by atoms with E-state index in [0.29, 0.717) is 18.1 Å². The van der Waals surface area contributed by atoms with Crippen LogP contribution < -0.4 is 10.6 Å². The molecule has 0 fully saturated rings. The maximum atomic E-state index is 14.1. The molecule has 30 heavy (non-hydrogen) atoms. The molecule has 3 aromatic rings. The van der Waals surface area contributed by atoms with Gasteiger partial charge in [-0.1, -0.05) is 28.1 Å². The van der Waals surface area contributed by atoms with Crippen molar-refractivity contribution in [3.05, 3.63) is 87.6 Å². The third-order valence-electron chi connectivity index (χ3n) is 4.52. The number of aliphatic imine (C=N–C) groups is 1. The second-order valence-corrected chi connectivity index (χ2v) is 7.78. The number of guanidine groups is 1. The minimum Gasteiger partial charge on any atom is -0.508 e. The Hall–Kier alpha value is -3.06. The van der Waals surface area contributed by atoms with Crippen LogP contribution in [0.2, 0.25) is 0 Å². The van der Waals surface area contributed by atoms with E-state index in [-0.39, 0.29) is 23.9 Å². The SMILES string of the molecule is Cc1cc(O)ccc1NC(=NCc1cc(Br)ccc1F)NCCc1ccc(O)cc1. The number of aryl methyl sites for hydroxylation is 1. The fourth-order valence-electron chi connectivity index (χ4n) is 2.87. The van der Waals surface area contributed by atoms with Crippen LogP contribution in [0.3, 0.4) is 0 Å². The van der Waals surface area contributed by atoms with Gasteiger partial charge in [0.15, 0.2) is 5.96 Å². The Labute approximate surface area is 183 Å². The number of phenols is 2. The first kappa shape index (κ1) is 21.6. The highest BCUT2D eigenvalue weighted by atomic mass is 79.9. The molecule has 0 aromatic heterocycles. The molecule has 0 bridgehead atoms. The molecule has 0 saturated carbocycles. The zero-order chi connectivity index (χ0) is 21.5. The number of benzene rings is 3. The predicted octanol–water partition coefficient (Wildman–Crippen LogP) is 5.11. The summed E-state index contributed by atoms with van der Waals surface area (Å²) >= 11 is 3.36. The van der Waals surface area contributed by atoms with Crippen LogP contribution in [0.25, 0.3) is 0 Å². The van der Waals surface area contributed by atoms with Gasteiger partial charge in [-0.2, -0.15) is 0 Å². The first-order valence-corrected chi connectivity index (χ1v) is 10.3. The van der Waals surface area contributed by atoms with Gasteiger partial charge in [-0.3, -0.25) is 0 Å². The second-order valence-electron chi connectivity index (χ2n) is 6.87. The molecule has 7 heteroatoms. The van der Waals surface area contributed by atoms with Crippen molar-refractivity contribution in [1.29, 1.82) is 0 Å². The maximum absolute atomic E-state index is 14.1. The lowest BCUT2D eigenvalue weighted by molar-refractivity contribution is 0.474. The van der Waals surface area contributed by atoms with Crippen molar-refractivity contribution >= 4 is 27.6 Å². The highest BCUT2D eigenvalue weighted by Gasteiger charge is 2.07. The van der Waals surface area contributed by atoms with E-state index in [1.54, 1.807) is 42.5 Å². The number of rotatable bonds is 6. The summed E-state index contributed by atoms with van der Waals surface area (Å²) in [6, 6.07) is 16.8. The van der Waals surface area contributed by atoms with E-state index in [9.17, 15) is 14.6 Å². The van der Waals surface area contributed by atoms with E-state index in [1.807, 2.05) is 19.1 Å². The summed E-state index contributed by atoms with van der Waals surface area (Å²) in [5.41, 5.74) is 3.19. The second kappa shape index (κ2) is 10.1. The summed E-state index contributed by atoms with van der Waals surface area (Å²) in [5, 5.41) is 25.5. The Balaban J connectivity index is 1.74. The Bertz CT molecular complexity index is 1040. The Morgan fingerprint density at radius 3 is 2.47 bits per heavy atom. The molecule has 0 spiro atoms. The largest absolute Gasteiger partial charge is 0.508 e. The number of nitrogens with zero attached hydrogens (tertiary/aromatic N) is 1. The summed E-state index contributed by atoms with van der Waals surface area (Å²) in [6.45, 7) is 2.63. The first-order valence-electron chi connectivity index (χ1n) is 9.47. The van der Waals surface area contributed by atoms with E-state index < -0.39 is 0 Å². The zero-order valence-corrected chi connectivity index (χ0v) is 18.1. The van der Waals surface area contributed by atoms with Crippen molar-refractivity contribution in [2.75, 3.05) is 11.9 Å². The van der Waals surface area contributed by atoms with Crippen molar-refractivity contribution < 1.29 is 14.6 Å². The maximum Gasteiger partial charge on any atom is 0.196 e. The summed E-state index contributed by atoms with van der Waals surface area (Å²) < 4.78 is 14.9. The van der Waals surface area contributed by atoms with Gasteiger partial charge in [0.05, 0.1) is 6.54 Å². The van der Waals surface area contributed by atoms with Gasteiger partial charge in [-0.25, -0.2) is 9.38 Å². The van der Waals surface area contributed by atoms with E-state index >= 15 is 0 Å². The topological polar surface area (TPSA) is 76.9 Å². The molecule has 0 aliphatic rings. The van der Waals surface area contributed by atoms with Gasteiger partial charge in [0.1, 0.15) is 17.3 Å². The minimum atomic E-state index is -0.314. The van der Waals surface area contributed by atoms with Gasteiger partial charge < -0.3 is 20.8 Å². The van der Waals surface area contributed by atoms with Crippen LogP contribution >= 0.6 is 15.9 Å². The van der Waals surface area contributed by atoms with Crippen LogP contribution in [0.4, 0.5) is 10.1 Å². The molecule has 0 unspecified atom stereocenters. The Morgan fingerprint density at radius 1 is 1.00 bits per heavy atom. The number of anilines is 1. The monoisotopic (exact) mass is 471 g/mol. The van der Waals surface area contributed by atoms with E-state index in [1.165, 1.54) is 6.07 Å². The van der Waals surface area contributed by atoms with E-state index in [2.05, 4.69) is 31.6 Å². The molecule has 0 saturated heterocycles. The fraction of sp³-hybridized carbons (Fsp3) is 0.174. The number of aromatic hydroxyl groups is 2. The average Bonchev–Trinajstić information content (AvgIpc) is 2.71. The highest BCUT2D eigenvalue weighted by Crippen LogP contribution is 2.20. The van der Waals surface area contributed by atoms with Crippen LogP contribution in [0.5, 0.6) is 11.5 Å². The summed E-state index contributed by atoms with van der Waals surface area (Å²) in [4.78, 5) is 4.53. The van der Waals surface area contributed by atoms with E-state index in [0.717, 1.165) is 27.7 Å². The van der Waals surface area contributed by atoms with Crippen molar-refractivity contribution in [1.82, 2.24) is 5.32 Å². The normalized spacial score (nSPS) is 11.4. The summed E-state index contributed by atoms with van der Waals surface area (Å²) in [6.07, 6.45) is 0.723. The molecule has 3 rings (SSSR count). The molecule has 0 radical (unpaired) electrons. The van der Waals surface area contributed by atoms with Gasteiger partial charge in [-0.05, 0) is 73.0 Å². The summed E-state index contributed by atoms with van der Waals surface area (Å²) in [7, 11) is 0. The van der Waals surface area contributed by atoms with E-state index in [4.69, 9.17) is 0 Å². The number of hydrogen-bond donors (Lipinski definition) is 4. The molecule has 0 aliphatic heterocycles. The molecule has 156 valence electrons. The predicted molar refractivity (Wildman–Crippen MR) is 122 cm³/mol. The number of nitrogens with one attached hydrogen (secondary N) is 2. The lowest BCUT2D eigenvalue weighted by atomic mass is 10.1. The quantitative estimate of drug-likeness (QED) is 0.229. The lowest BCUT2D eigenvalue weighted by Crippen LogP contribution is -2.32. The Kier molecular flexibility index (Phi) is 7.30. The number of phenolic OH excluding ortho intramolecular Hbond substituents is 2. The average molecular weight is 472 g/mol. The van der Waals surface area contributed by atoms with Crippen molar-refractivity contribution in [2.24, 2.45) is 4.99 Å². The molecule has 0 atom stereocenters. The van der Waals surface area contributed by atoms with Crippen LogP contribution in [0, 0.1) is 12.7 Å². The van der Waals surface area contributed by atoms with Crippen LogP contribution in [-0.4, -0.2) is 22.7 Å². The first-order chi connectivity index (χ1) is 14.4. The standard InChI is InChI=1S/C23H23BrFN3O2/c1-15-12-20(30)7-9-22(15)28-23(26-11-10-16-2-5-19(29)6-3-16)27-14-17-13-18(24)4-8-21(17)25/h2-9,12-13,29-30H,10-11,14H2,1H3,(H2,26,27,28). The van der Waals surface area contributed by atoms with Crippen LogP contribution in [0.15, 0.2) is 70.1 Å². The smallest absolute Gasteiger partial charge is 0.196 e. The van der Waals surface area contributed by atoms with Gasteiger partial charge in [0.2, 0.25) is 0 Å². The van der Waals surface area contributed by atoms with Crippen molar-refractivity contribution in [2.45, 2.75) is 19.9 Å². The number of hydrogen-bond acceptors (Lipinski definition) is 3. The summed E-state index contributed by atoms with van der Waals surface area (Å²) in [5.74, 6) is 0.607. The third-order valence-corrected chi connectivity index (χ3v) is 5.01. The molecule has 0 heterocycles. The molecule has 4 N–H and O–H groups in total.